The second kappa shape index (κ2) is 7.96. The van der Waals surface area contributed by atoms with Gasteiger partial charge in [-0.05, 0) is 42.5 Å². The number of para-hydroxylation sites is 2. The van der Waals surface area contributed by atoms with Gasteiger partial charge < -0.3 is 13.9 Å². The molecule has 6 nitrogen and oxygen atoms in total. The van der Waals surface area contributed by atoms with Gasteiger partial charge >= 0.3 is 0 Å². The highest BCUT2D eigenvalue weighted by Gasteiger charge is 2.27. The lowest BCUT2D eigenvalue weighted by atomic mass is 10.2. The summed E-state index contributed by atoms with van der Waals surface area (Å²) in [5, 5.41) is 4.82. The monoisotopic (exact) mass is 416 g/mol. The van der Waals surface area contributed by atoms with Crippen molar-refractivity contribution in [2.24, 2.45) is 5.10 Å². The Bertz CT molecular complexity index is 1050. The number of amides is 1. The highest BCUT2D eigenvalue weighted by atomic mass is 35.5. The molecule has 0 saturated carbocycles. The van der Waals surface area contributed by atoms with E-state index in [1.165, 1.54) is 6.21 Å². The van der Waals surface area contributed by atoms with E-state index < -0.39 is 12.0 Å². The Labute approximate surface area is 170 Å². The maximum Gasteiger partial charge on any atom is 0.284 e. The van der Waals surface area contributed by atoms with E-state index in [0.29, 0.717) is 33.1 Å². The van der Waals surface area contributed by atoms with Gasteiger partial charge in [0, 0.05) is 5.56 Å². The summed E-state index contributed by atoms with van der Waals surface area (Å²) < 4.78 is 16.8. The molecule has 1 amide bonds. The first-order chi connectivity index (χ1) is 13.6. The van der Waals surface area contributed by atoms with Crippen molar-refractivity contribution < 1.29 is 18.7 Å². The van der Waals surface area contributed by atoms with Crippen LogP contribution in [0.3, 0.4) is 0 Å². The SMILES string of the molecule is O=C(N/N=C/c1ccc(-c2ccc(Cl)c(Cl)c2)o1)[C@H]1COc2ccccc2O1. The van der Waals surface area contributed by atoms with Gasteiger partial charge in [-0.2, -0.15) is 5.10 Å². The number of furan rings is 1. The minimum atomic E-state index is -0.782. The molecule has 4 rings (SSSR count). The van der Waals surface area contributed by atoms with Crippen molar-refractivity contribution in [3.63, 3.8) is 0 Å². The van der Waals surface area contributed by atoms with Crippen LogP contribution in [0.1, 0.15) is 5.76 Å². The molecular formula is C20H14Cl2N2O4. The number of hydrogen-bond acceptors (Lipinski definition) is 5. The van der Waals surface area contributed by atoms with Gasteiger partial charge in [0.1, 0.15) is 18.1 Å². The number of nitrogens with zero attached hydrogens (tertiary/aromatic N) is 1. The molecule has 0 fully saturated rings. The minimum absolute atomic E-state index is 0.112. The Morgan fingerprint density at radius 2 is 1.89 bits per heavy atom. The summed E-state index contributed by atoms with van der Waals surface area (Å²) in [7, 11) is 0. The van der Waals surface area contributed by atoms with E-state index in [4.69, 9.17) is 37.1 Å². The summed E-state index contributed by atoms with van der Waals surface area (Å²) in [4.78, 5) is 12.2. The molecule has 142 valence electrons. The standard InChI is InChI=1S/C20H14Cl2N2O4/c21-14-7-5-12(9-15(14)22)16-8-6-13(27-16)10-23-24-20(25)19-11-26-17-3-1-2-4-18(17)28-19/h1-10,19H,11H2,(H,24,25)/b23-10+/t19-/m1/s1. The normalized spacial score (nSPS) is 15.6. The molecule has 0 radical (unpaired) electrons. The van der Waals surface area contributed by atoms with E-state index in [1.54, 1.807) is 42.5 Å². The quantitative estimate of drug-likeness (QED) is 0.500. The first-order valence-corrected chi connectivity index (χ1v) is 9.12. The summed E-state index contributed by atoms with van der Waals surface area (Å²) >= 11 is 11.9. The van der Waals surface area contributed by atoms with Crippen molar-refractivity contribution in [3.05, 3.63) is 70.4 Å². The van der Waals surface area contributed by atoms with Crippen LogP contribution in [0, 0.1) is 0 Å². The number of carbonyl (C=O) groups excluding carboxylic acids is 1. The maximum atomic E-state index is 12.2. The number of carbonyl (C=O) groups is 1. The molecular weight excluding hydrogens is 403 g/mol. The van der Waals surface area contributed by atoms with Crippen LogP contribution >= 0.6 is 23.2 Å². The zero-order valence-corrected chi connectivity index (χ0v) is 15.9. The molecule has 8 heteroatoms. The lowest BCUT2D eigenvalue weighted by Gasteiger charge is -2.24. The fraction of sp³-hybridized carbons (Fsp3) is 0.100. The van der Waals surface area contributed by atoms with Crippen LogP contribution in [0.5, 0.6) is 11.5 Å². The van der Waals surface area contributed by atoms with Gasteiger partial charge in [-0.15, -0.1) is 0 Å². The predicted molar refractivity (Wildman–Crippen MR) is 106 cm³/mol. The summed E-state index contributed by atoms with van der Waals surface area (Å²) in [5.41, 5.74) is 3.21. The molecule has 0 unspecified atom stereocenters. The Morgan fingerprint density at radius 3 is 2.71 bits per heavy atom. The minimum Gasteiger partial charge on any atom is -0.485 e. The van der Waals surface area contributed by atoms with Crippen molar-refractivity contribution in [3.8, 4) is 22.8 Å². The molecule has 2 heterocycles. The number of hydrazone groups is 1. The van der Waals surface area contributed by atoms with Crippen molar-refractivity contribution in [2.45, 2.75) is 6.10 Å². The van der Waals surface area contributed by atoms with E-state index in [1.807, 2.05) is 12.1 Å². The number of rotatable bonds is 4. The van der Waals surface area contributed by atoms with Crippen LogP contribution in [0.4, 0.5) is 0 Å². The van der Waals surface area contributed by atoms with E-state index in [0.717, 1.165) is 5.56 Å². The lowest BCUT2D eigenvalue weighted by Crippen LogP contribution is -2.42. The summed E-state index contributed by atoms with van der Waals surface area (Å²) in [5.74, 6) is 1.79. The number of benzene rings is 2. The molecule has 0 saturated heterocycles. The first-order valence-electron chi connectivity index (χ1n) is 8.37. The zero-order chi connectivity index (χ0) is 19.5. The third-order valence-corrected chi connectivity index (χ3v) is 4.74. The second-order valence-corrected chi connectivity index (χ2v) is 6.74. The summed E-state index contributed by atoms with van der Waals surface area (Å²) in [6.45, 7) is 0.112. The van der Waals surface area contributed by atoms with Crippen LogP contribution < -0.4 is 14.9 Å². The summed E-state index contributed by atoms with van der Waals surface area (Å²) in [6.07, 6.45) is 0.617. The number of hydrogen-bond donors (Lipinski definition) is 1. The maximum absolute atomic E-state index is 12.2. The Balaban J connectivity index is 1.37. The van der Waals surface area contributed by atoms with Crippen LogP contribution in [-0.2, 0) is 4.79 Å². The molecule has 0 spiro atoms. The zero-order valence-electron chi connectivity index (χ0n) is 14.4. The van der Waals surface area contributed by atoms with Gasteiger partial charge in [0.25, 0.3) is 5.91 Å². The molecule has 1 atom stereocenters. The fourth-order valence-corrected chi connectivity index (χ4v) is 2.91. The van der Waals surface area contributed by atoms with Gasteiger partial charge in [-0.25, -0.2) is 5.43 Å². The Morgan fingerprint density at radius 1 is 1.07 bits per heavy atom. The van der Waals surface area contributed by atoms with Gasteiger partial charge in [-0.1, -0.05) is 35.3 Å². The van der Waals surface area contributed by atoms with Crippen LogP contribution in [0.2, 0.25) is 10.0 Å². The van der Waals surface area contributed by atoms with E-state index in [9.17, 15) is 4.79 Å². The third kappa shape index (κ3) is 3.98. The fourth-order valence-electron chi connectivity index (χ4n) is 2.61. The Kier molecular flexibility index (Phi) is 5.23. The predicted octanol–water partition coefficient (Wildman–Crippen LogP) is 4.54. The second-order valence-electron chi connectivity index (χ2n) is 5.93. The highest BCUT2D eigenvalue weighted by Crippen LogP contribution is 2.31. The number of halogens is 2. The van der Waals surface area contributed by atoms with E-state index >= 15 is 0 Å². The average molecular weight is 417 g/mol. The topological polar surface area (TPSA) is 73.1 Å². The molecule has 0 bridgehead atoms. The average Bonchev–Trinajstić information content (AvgIpc) is 3.18. The first kappa shape index (κ1) is 18.4. The number of ether oxygens (including phenoxy) is 2. The molecule has 2 aromatic carbocycles. The van der Waals surface area contributed by atoms with Crippen LogP contribution in [0.25, 0.3) is 11.3 Å². The highest BCUT2D eigenvalue weighted by molar-refractivity contribution is 6.42. The van der Waals surface area contributed by atoms with Gasteiger partial charge in [-0.3, -0.25) is 4.79 Å². The molecule has 1 N–H and O–H groups in total. The smallest absolute Gasteiger partial charge is 0.284 e. The lowest BCUT2D eigenvalue weighted by molar-refractivity contribution is -0.130. The molecule has 3 aromatic rings. The molecule has 1 aliphatic heterocycles. The Hall–Kier alpha value is -2.96. The van der Waals surface area contributed by atoms with Crippen LogP contribution in [0.15, 0.2) is 64.1 Å². The number of nitrogens with one attached hydrogen (secondary N) is 1. The molecule has 1 aromatic heterocycles. The number of fused-ring (bicyclic) bond motifs is 1. The van der Waals surface area contributed by atoms with Crippen LogP contribution in [-0.4, -0.2) is 24.8 Å². The molecule has 0 aliphatic carbocycles. The molecule has 1 aliphatic rings. The molecule has 28 heavy (non-hydrogen) atoms. The van der Waals surface area contributed by atoms with Gasteiger partial charge in [0.2, 0.25) is 6.10 Å². The van der Waals surface area contributed by atoms with Crippen molar-refractivity contribution in [2.75, 3.05) is 6.61 Å². The van der Waals surface area contributed by atoms with Gasteiger partial charge in [0.15, 0.2) is 11.5 Å². The summed E-state index contributed by atoms with van der Waals surface area (Å²) in [6, 6.07) is 15.9. The largest absolute Gasteiger partial charge is 0.485 e. The van der Waals surface area contributed by atoms with E-state index in [-0.39, 0.29) is 6.61 Å². The third-order valence-electron chi connectivity index (χ3n) is 4.00. The van der Waals surface area contributed by atoms with E-state index in [2.05, 4.69) is 10.5 Å². The van der Waals surface area contributed by atoms with Crippen molar-refractivity contribution >= 4 is 35.3 Å². The van der Waals surface area contributed by atoms with Crippen molar-refractivity contribution in [1.29, 1.82) is 0 Å². The van der Waals surface area contributed by atoms with Gasteiger partial charge in [0.05, 0.1) is 16.3 Å². The van der Waals surface area contributed by atoms with Crippen molar-refractivity contribution in [1.82, 2.24) is 5.43 Å².